The SMILES string of the molecule is COc1nc(C)nc(/N=C(\C)c2ccc(C)cc2)n1. The molecule has 1 aromatic carbocycles. The van der Waals surface area contributed by atoms with Gasteiger partial charge in [-0.2, -0.15) is 15.0 Å². The quantitative estimate of drug-likeness (QED) is 0.792. The van der Waals surface area contributed by atoms with Gasteiger partial charge < -0.3 is 4.74 Å². The number of aliphatic imine (C=N–C) groups is 1. The molecule has 0 fully saturated rings. The fourth-order valence-corrected chi connectivity index (χ4v) is 1.59. The number of aryl methyl sites for hydroxylation is 2. The van der Waals surface area contributed by atoms with Crippen LogP contribution >= 0.6 is 0 Å². The van der Waals surface area contributed by atoms with Crippen LogP contribution < -0.4 is 4.74 Å². The van der Waals surface area contributed by atoms with Crippen molar-refractivity contribution in [1.29, 1.82) is 0 Å². The van der Waals surface area contributed by atoms with Gasteiger partial charge in [0, 0.05) is 5.71 Å². The molecule has 2 rings (SSSR count). The number of benzene rings is 1. The Morgan fingerprint density at radius 2 is 1.74 bits per heavy atom. The largest absolute Gasteiger partial charge is 0.467 e. The van der Waals surface area contributed by atoms with E-state index in [1.165, 1.54) is 12.7 Å². The molecule has 1 aromatic heterocycles. The van der Waals surface area contributed by atoms with Gasteiger partial charge in [0.25, 0.3) is 5.95 Å². The number of nitrogens with zero attached hydrogens (tertiary/aromatic N) is 4. The second-order valence-corrected chi connectivity index (χ2v) is 4.23. The average Bonchev–Trinajstić information content (AvgIpc) is 2.38. The maximum atomic E-state index is 5.01. The lowest BCUT2D eigenvalue weighted by Gasteiger charge is -2.03. The van der Waals surface area contributed by atoms with Crippen molar-refractivity contribution >= 4 is 11.7 Å². The summed E-state index contributed by atoms with van der Waals surface area (Å²) >= 11 is 0. The summed E-state index contributed by atoms with van der Waals surface area (Å²) < 4.78 is 5.01. The van der Waals surface area contributed by atoms with Gasteiger partial charge in [0.1, 0.15) is 5.82 Å². The van der Waals surface area contributed by atoms with Gasteiger partial charge >= 0.3 is 6.01 Å². The third kappa shape index (κ3) is 3.34. The van der Waals surface area contributed by atoms with Crippen LogP contribution in [0.25, 0.3) is 0 Å². The monoisotopic (exact) mass is 256 g/mol. The maximum Gasteiger partial charge on any atom is 0.321 e. The number of hydrogen-bond acceptors (Lipinski definition) is 5. The van der Waals surface area contributed by atoms with Crippen molar-refractivity contribution < 1.29 is 4.74 Å². The number of methoxy groups -OCH3 is 1. The van der Waals surface area contributed by atoms with E-state index in [-0.39, 0.29) is 6.01 Å². The standard InChI is InChI=1S/C14H16N4O/c1-9-5-7-12(8-6-9)10(2)15-13-16-11(3)17-14(18-13)19-4/h5-8H,1-4H3/b15-10+. The van der Waals surface area contributed by atoms with Gasteiger partial charge in [0.15, 0.2) is 0 Å². The Morgan fingerprint density at radius 1 is 1.05 bits per heavy atom. The molecule has 0 amide bonds. The Morgan fingerprint density at radius 3 is 2.37 bits per heavy atom. The first-order valence-electron chi connectivity index (χ1n) is 5.97. The summed E-state index contributed by atoms with van der Waals surface area (Å²) in [5, 5.41) is 0. The summed E-state index contributed by atoms with van der Waals surface area (Å²) in [4.78, 5) is 16.7. The van der Waals surface area contributed by atoms with Crippen LogP contribution in [0.4, 0.5) is 5.95 Å². The van der Waals surface area contributed by atoms with E-state index in [0.29, 0.717) is 11.8 Å². The highest BCUT2D eigenvalue weighted by atomic mass is 16.5. The third-order valence-corrected chi connectivity index (χ3v) is 2.63. The van der Waals surface area contributed by atoms with Crippen LogP contribution in [0.1, 0.15) is 23.9 Å². The minimum atomic E-state index is 0.281. The van der Waals surface area contributed by atoms with E-state index in [4.69, 9.17) is 4.74 Å². The molecule has 0 bridgehead atoms. The summed E-state index contributed by atoms with van der Waals surface area (Å²) in [5.74, 6) is 0.949. The van der Waals surface area contributed by atoms with Crippen molar-refractivity contribution in [3.63, 3.8) is 0 Å². The van der Waals surface area contributed by atoms with Gasteiger partial charge in [-0.3, -0.25) is 0 Å². The van der Waals surface area contributed by atoms with E-state index in [1.807, 2.05) is 31.2 Å². The van der Waals surface area contributed by atoms with E-state index >= 15 is 0 Å². The van der Waals surface area contributed by atoms with Gasteiger partial charge in [0.2, 0.25) is 0 Å². The van der Waals surface area contributed by atoms with Gasteiger partial charge in [-0.15, -0.1) is 0 Å². The topological polar surface area (TPSA) is 60.3 Å². The number of aromatic nitrogens is 3. The van der Waals surface area contributed by atoms with Crippen LogP contribution in [-0.2, 0) is 0 Å². The molecule has 0 aliphatic heterocycles. The highest BCUT2D eigenvalue weighted by molar-refractivity contribution is 5.99. The molecule has 0 spiro atoms. The molecule has 5 heteroatoms. The van der Waals surface area contributed by atoms with Crippen LogP contribution in [0.3, 0.4) is 0 Å². The fourth-order valence-electron chi connectivity index (χ4n) is 1.59. The Labute approximate surface area is 112 Å². The Balaban J connectivity index is 2.34. The smallest absolute Gasteiger partial charge is 0.321 e. The van der Waals surface area contributed by atoms with Gasteiger partial charge in [-0.25, -0.2) is 4.99 Å². The molecule has 1 heterocycles. The molecule has 5 nitrogen and oxygen atoms in total. The van der Waals surface area contributed by atoms with E-state index in [1.54, 1.807) is 6.92 Å². The molecule has 0 unspecified atom stereocenters. The predicted octanol–water partition coefficient (Wildman–Crippen LogP) is 2.64. The molecule has 0 atom stereocenters. The zero-order valence-corrected chi connectivity index (χ0v) is 11.5. The fraction of sp³-hybridized carbons (Fsp3) is 0.286. The summed E-state index contributed by atoms with van der Waals surface area (Å²) in [6.07, 6.45) is 0. The van der Waals surface area contributed by atoms with E-state index in [2.05, 4.69) is 26.9 Å². The number of ether oxygens (including phenoxy) is 1. The number of rotatable bonds is 3. The van der Waals surface area contributed by atoms with E-state index in [0.717, 1.165) is 11.3 Å². The minimum Gasteiger partial charge on any atom is -0.467 e. The van der Waals surface area contributed by atoms with Gasteiger partial charge in [-0.05, 0) is 26.3 Å². The molecular weight excluding hydrogens is 240 g/mol. The van der Waals surface area contributed by atoms with Crippen LogP contribution in [0.2, 0.25) is 0 Å². The Hall–Kier alpha value is -2.30. The molecule has 0 aliphatic carbocycles. The third-order valence-electron chi connectivity index (χ3n) is 2.63. The Bertz CT molecular complexity index is 605. The first-order valence-corrected chi connectivity index (χ1v) is 5.97. The lowest BCUT2D eigenvalue weighted by Crippen LogP contribution is -1.99. The zero-order valence-electron chi connectivity index (χ0n) is 11.5. The molecule has 2 aromatic rings. The molecule has 0 N–H and O–H groups in total. The molecule has 0 saturated carbocycles. The average molecular weight is 256 g/mol. The van der Waals surface area contributed by atoms with Gasteiger partial charge in [-0.1, -0.05) is 29.8 Å². The highest BCUT2D eigenvalue weighted by Gasteiger charge is 2.04. The van der Waals surface area contributed by atoms with Crippen molar-refractivity contribution in [3.05, 3.63) is 41.2 Å². The number of hydrogen-bond donors (Lipinski definition) is 0. The lowest BCUT2D eigenvalue weighted by molar-refractivity contribution is 0.377. The molecule has 0 radical (unpaired) electrons. The van der Waals surface area contributed by atoms with Crippen LogP contribution in [0.5, 0.6) is 6.01 Å². The molecule has 0 saturated heterocycles. The first kappa shape index (κ1) is 13.1. The lowest BCUT2D eigenvalue weighted by atomic mass is 10.1. The minimum absolute atomic E-state index is 0.281. The molecule has 98 valence electrons. The van der Waals surface area contributed by atoms with Crippen LogP contribution in [0.15, 0.2) is 29.3 Å². The van der Waals surface area contributed by atoms with Crippen LogP contribution in [0, 0.1) is 13.8 Å². The summed E-state index contributed by atoms with van der Waals surface area (Å²) in [6, 6.07) is 8.43. The van der Waals surface area contributed by atoms with Crippen LogP contribution in [-0.4, -0.2) is 27.8 Å². The second-order valence-electron chi connectivity index (χ2n) is 4.23. The van der Waals surface area contributed by atoms with E-state index < -0.39 is 0 Å². The maximum absolute atomic E-state index is 5.01. The zero-order chi connectivity index (χ0) is 13.8. The van der Waals surface area contributed by atoms with Crippen molar-refractivity contribution in [2.45, 2.75) is 20.8 Å². The normalized spacial score (nSPS) is 11.5. The molecule has 19 heavy (non-hydrogen) atoms. The summed E-state index contributed by atoms with van der Waals surface area (Å²) in [7, 11) is 1.52. The predicted molar refractivity (Wildman–Crippen MR) is 74.2 cm³/mol. The van der Waals surface area contributed by atoms with Crippen molar-refractivity contribution in [2.75, 3.05) is 7.11 Å². The Kier molecular flexibility index (Phi) is 3.85. The summed E-state index contributed by atoms with van der Waals surface area (Å²) in [6.45, 7) is 5.76. The van der Waals surface area contributed by atoms with Crippen molar-refractivity contribution in [1.82, 2.24) is 15.0 Å². The van der Waals surface area contributed by atoms with Crippen molar-refractivity contribution in [2.24, 2.45) is 4.99 Å². The van der Waals surface area contributed by atoms with Gasteiger partial charge in [0.05, 0.1) is 7.11 Å². The van der Waals surface area contributed by atoms with E-state index in [9.17, 15) is 0 Å². The highest BCUT2D eigenvalue weighted by Crippen LogP contribution is 2.12. The first-order chi connectivity index (χ1) is 9.08. The molecule has 0 aliphatic rings. The second kappa shape index (κ2) is 5.56. The molecular formula is C14H16N4O. The van der Waals surface area contributed by atoms with Crippen molar-refractivity contribution in [3.8, 4) is 6.01 Å². The summed E-state index contributed by atoms with van der Waals surface area (Å²) in [5.41, 5.74) is 3.12.